The van der Waals surface area contributed by atoms with Gasteiger partial charge in [-0.2, -0.15) is 0 Å². The molecule has 6 nitrogen and oxygen atoms in total. The Morgan fingerprint density at radius 2 is 1.94 bits per heavy atom. The van der Waals surface area contributed by atoms with Gasteiger partial charge in [0.05, 0.1) is 0 Å². The summed E-state index contributed by atoms with van der Waals surface area (Å²) >= 11 is 0. The number of rotatable bonds is 5. The number of carbonyl (C=O) groups excluding carboxylic acids is 2. The molecule has 0 atom stereocenters. The topological polar surface area (TPSA) is 101 Å². The van der Waals surface area contributed by atoms with E-state index in [1.54, 1.807) is 0 Å². The Bertz CT molecular complexity index is 249. The molecule has 1 saturated heterocycles. The SMILES string of the molecule is NNC(=O)CCN1CCC(CC(N)=O)CC1. The van der Waals surface area contributed by atoms with Crippen LogP contribution in [0, 0.1) is 5.92 Å². The van der Waals surface area contributed by atoms with Gasteiger partial charge < -0.3 is 10.6 Å². The maximum absolute atomic E-state index is 10.9. The summed E-state index contributed by atoms with van der Waals surface area (Å²) < 4.78 is 0. The smallest absolute Gasteiger partial charge is 0.235 e. The number of hydrazine groups is 1. The molecule has 6 heteroatoms. The molecule has 92 valence electrons. The fraction of sp³-hybridized carbons (Fsp3) is 0.800. The molecule has 2 amide bonds. The van der Waals surface area contributed by atoms with Crippen LogP contribution >= 0.6 is 0 Å². The first kappa shape index (κ1) is 12.9. The molecular formula is C10H20N4O2. The van der Waals surface area contributed by atoms with Crippen molar-refractivity contribution in [1.29, 1.82) is 0 Å². The van der Waals surface area contributed by atoms with Crippen LogP contribution in [0.15, 0.2) is 0 Å². The van der Waals surface area contributed by atoms with E-state index in [4.69, 9.17) is 11.6 Å². The number of amides is 2. The summed E-state index contributed by atoms with van der Waals surface area (Å²) in [6.45, 7) is 2.58. The van der Waals surface area contributed by atoms with E-state index < -0.39 is 0 Å². The number of nitrogens with zero attached hydrogens (tertiary/aromatic N) is 1. The summed E-state index contributed by atoms with van der Waals surface area (Å²) in [5, 5.41) is 0. The van der Waals surface area contributed by atoms with E-state index in [-0.39, 0.29) is 11.8 Å². The second kappa shape index (κ2) is 6.44. The van der Waals surface area contributed by atoms with Crippen molar-refractivity contribution in [2.24, 2.45) is 17.5 Å². The Morgan fingerprint density at radius 1 is 1.31 bits per heavy atom. The molecule has 1 heterocycles. The minimum atomic E-state index is -0.221. The fourth-order valence-electron chi connectivity index (χ4n) is 2.03. The van der Waals surface area contributed by atoms with Gasteiger partial charge in [-0.3, -0.25) is 15.0 Å². The maximum Gasteiger partial charge on any atom is 0.235 e. The lowest BCUT2D eigenvalue weighted by Crippen LogP contribution is -2.38. The molecule has 0 unspecified atom stereocenters. The molecule has 0 bridgehead atoms. The quantitative estimate of drug-likeness (QED) is 0.317. The molecule has 0 aromatic carbocycles. The first-order valence-corrected chi connectivity index (χ1v) is 5.62. The van der Waals surface area contributed by atoms with E-state index >= 15 is 0 Å². The number of nitrogens with one attached hydrogen (secondary N) is 1. The molecule has 0 aromatic rings. The zero-order chi connectivity index (χ0) is 12.0. The minimum absolute atomic E-state index is 0.140. The zero-order valence-corrected chi connectivity index (χ0v) is 9.45. The molecular weight excluding hydrogens is 208 g/mol. The van der Waals surface area contributed by atoms with E-state index in [2.05, 4.69) is 10.3 Å². The van der Waals surface area contributed by atoms with Gasteiger partial charge in [0, 0.05) is 19.4 Å². The lowest BCUT2D eigenvalue weighted by Gasteiger charge is -2.31. The van der Waals surface area contributed by atoms with Crippen LogP contribution in [-0.2, 0) is 9.59 Å². The molecule has 1 aliphatic rings. The standard InChI is InChI=1S/C10H20N4O2/c11-9(15)7-8-1-4-14(5-2-8)6-3-10(16)13-12/h8H,1-7,12H2,(H2,11,15)(H,13,16). The third-order valence-electron chi connectivity index (χ3n) is 3.01. The molecule has 16 heavy (non-hydrogen) atoms. The lowest BCUT2D eigenvalue weighted by atomic mass is 9.93. The van der Waals surface area contributed by atoms with Crippen molar-refractivity contribution < 1.29 is 9.59 Å². The van der Waals surface area contributed by atoms with Crippen LogP contribution in [0.5, 0.6) is 0 Å². The van der Waals surface area contributed by atoms with Crippen molar-refractivity contribution in [3.63, 3.8) is 0 Å². The molecule has 1 rings (SSSR count). The molecule has 1 fully saturated rings. The maximum atomic E-state index is 10.9. The van der Waals surface area contributed by atoms with Crippen molar-refractivity contribution in [1.82, 2.24) is 10.3 Å². The van der Waals surface area contributed by atoms with Gasteiger partial charge in [-0.1, -0.05) is 0 Å². The summed E-state index contributed by atoms with van der Waals surface area (Å²) in [6, 6.07) is 0. The van der Waals surface area contributed by atoms with Gasteiger partial charge in [0.25, 0.3) is 0 Å². The van der Waals surface area contributed by atoms with Gasteiger partial charge in [0.15, 0.2) is 0 Å². The van der Waals surface area contributed by atoms with Crippen molar-refractivity contribution >= 4 is 11.8 Å². The number of hydrogen-bond donors (Lipinski definition) is 3. The van der Waals surface area contributed by atoms with Crippen molar-refractivity contribution in [2.75, 3.05) is 19.6 Å². The highest BCUT2D eigenvalue weighted by Crippen LogP contribution is 2.19. The van der Waals surface area contributed by atoms with Gasteiger partial charge in [-0.15, -0.1) is 0 Å². The summed E-state index contributed by atoms with van der Waals surface area (Å²) in [4.78, 5) is 23.9. The normalized spacial score (nSPS) is 18.3. The monoisotopic (exact) mass is 228 g/mol. The van der Waals surface area contributed by atoms with E-state index in [0.29, 0.717) is 18.8 Å². The van der Waals surface area contributed by atoms with Crippen molar-refractivity contribution in [3.05, 3.63) is 0 Å². The molecule has 5 N–H and O–H groups in total. The summed E-state index contributed by atoms with van der Waals surface area (Å²) in [7, 11) is 0. The Morgan fingerprint density at radius 3 is 2.44 bits per heavy atom. The van der Waals surface area contributed by atoms with Crippen LogP contribution in [-0.4, -0.2) is 36.3 Å². The van der Waals surface area contributed by atoms with Gasteiger partial charge >= 0.3 is 0 Å². The number of likely N-dealkylation sites (tertiary alicyclic amines) is 1. The lowest BCUT2D eigenvalue weighted by molar-refractivity contribution is -0.121. The Labute approximate surface area is 95.3 Å². The van der Waals surface area contributed by atoms with Gasteiger partial charge in [0.1, 0.15) is 0 Å². The van der Waals surface area contributed by atoms with Gasteiger partial charge in [-0.05, 0) is 31.8 Å². The summed E-state index contributed by atoms with van der Waals surface area (Å²) in [5.74, 6) is 5.05. The number of nitrogens with two attached hydrogens (primary N) is 2. The van der Waals surface area contributed by atoms with E-state index in [9.17, 15) is 9.59 Å². The Hall–Kier alpha value is -1.14. The number of hydrogen-bond acceptors (Lipinski definition) is 4. The van der Waals surface area contributed by atoms with E-state index in [1.165, 1.54) is 0 Å². The highest BCUT2D eigenvalue weighted by atomic mass is 16.2. The largest absolute Gasteiger partial charge is 0.370 e. The summed E-state index contributed by atoms with van der Waals surface area (Å²) in [6.07, 6.45) is 2.87. The molecule has 0 radical (unpaired) electrons. The van der Waals surface area contributed by atoms with Gasteiger partial charge in [-0.25, -0.2) is 5.84 Å². The second-order valence-electron chi connectivity index (χ2n) is 4.27. The predicted molar refractivity (Wildman–Crippen MR) is 59.9 cm³/mol. The predicted octanol–water partition coefficient (Wildman–Crippen LogP) is -1.05. The highest BCUT2D eigenvalue weighted by Gasteiger charge is 2.20. The van der Waals surface area contributed by atoms with E-state index in [1.807, 2.05) is 0 Å². The summed E-state index contributed by atoms with van der Waals surface area (Å²) in [5.41, 5.74) is 7.27. The number of primary amides is 1. The second-order valence-corrected chi connectivity index (χ2v) is 4.27. The molecule has 0 aromatic heterocycles. The molecule has 1 aliphatic heterocycles. The molecule has 0 spiro atoms. The van der Waals surface area contributed by atoms with Crippen LogP contribution in [0.3, 0.4) is 0 Å². The van der Waals surface area contributed by atoms with Crippen molar-refractivity contribution in [3.8, 4) is 0 Å². The van der Waals surface area contributed by atoms with Crippen LogP contribution in [0.25, 0.3) is 0 Å². The van der Waals surface area contributed by atoms with Crippen LogP contribution in [0.1, 0.15) is 25.7 Å². The van der Waals surface area contributed by atoms with Crippen LogP contribution < -0.4 is 17.0 Å². The average molecular weight is 228 g/mol. The van der Waals surface area contributed by atoms with Crippen LogP contribution in [0.2, 0.25) is 0 Å². The third kappa shape index (κ3) is 4.59. The average Bonchev–Trinajstić information content (AvgIpc) is 2.27. The number of piperidine rings is 1. The van der Waals surface area contributed by atoms with E-state index in [0.717, 1.165) is 32.5 Å². The minimum Gasteiger partial charge on any atom is -0.370 e. The first-order valence-electron chi connectivity index (χ1n) is 5.62. The Kier molecular flexibility index (Phi) is 5.21. The fourth-order valence-corrected chi connectivity index (χ4v) is 2.03. The number of carbonyl (C=O) groups is 2. The van der Waals surface area contributed by atoms with Crippen LogP contribution in [0.4, 0.5) is 0 Å². The van der Waals surface area contributed by atoms with Crippen molar-refractivity contribution in [2.45, 2.75) is 25.7 Å². The molecule has 0 saturated carbocycles. The first-order chi connectivity index (χ1) is 7.61. The zero-order valence-electron chi connectivity index (χ0n) is 9.45. The third-order valence-corrected chi connectivity index (χ3v) is 3.01. The highest BCUT2D eigenvalue weighted by molar-refractivity contribution is 5.75. The van der Waals surface area contributed by atoms with Gasteiger partial charge in [0.2, 0.25) is 11.8 Å². The molecule has 0 aliphatic carbocycles. The Balaban J connectivity index is 2.16.